The summed E-state index contributed by atoms with van der Waals surface area (Å²) in [7, 11) is 0. The Bertz CT molecular complexity index is 550. The molecule has 0 spiro atoms. The zero-order valence-electron chi connectivity index (χ0n) is 10.6. The molecule has 108 valence electrons. The lowest BCUT2D eigenvalue weighted by Crippen LogP contribution is -2.42. The number of benzene rings is 1. The molecular weight excluding hydrogens is 393 g/mol. The Balaban J connectivity index is 2.09. The van der Waals surface area contributed by atoms with Gasteiger partial charge in [-0.3, -0.25) is 4.79 Å². The lowest BCUT2D eigenvalue weighted by molar-refractivity contribution is 0.0933. The molecule has 2 unspecified atom stereocenters. The van der Waals surface area contributed by atoms with E-state index in [1.165, 1.54) is 0 Å². The molecule has 2 atom stereocenters. The summed E-state index contributed by atoms with van der Waals surface area (Å²) in [4.78, 5) is 12.2. The van der Waals surface area contributed by atoms with Crippen LogP contribution in [0.25, 0.3) is 0 Å². The minimum atomic E-state index is -0.189. The molecule has 5 nitrogen and oxygen atoms in total. The highest BCUT2D eigenvalue weighted by molar-refractivity contribution is 14.1. The number of rotatable bonds is 3. The standard InChI is InChI=1S/C13H15ClIN3O2/c14-9-6-7(4-5-10(9)15)13(19)17-11-3-1-2-8(11)12(16)18-20/h4-6,8,11,20H,1-3H2,(H2,16,18)(H,17,19). The minimum Gasteiger partial charge on any atom is -0.409 e. The second-order valence-corrected chi connectivity index (χ2v) is 6.34. The zero-order valence-corrected chi connectivity index (χ0v) is 13.6. The molecule has 0 bridgehead atoms. The first-order valence-electron chi connectivity index (χ1n) is 6.26. The van der Waals surface area contributed by atoms with E-state index in [1.54, 1.807) is 18.2 Å². The summed E-state index contributed by atoms with van der Waals surface area (Å²) in [6, 6.07) is 5.08. The van der Waals surface area contributed by atoms with Crippen LogP contribution in [0.15, 0.2) is 23.4 Å². The van der Waals surface area contributed by atoms with Crippen molar-refractivity contribution in [3.8, 4) is 0 Å². The fourth-order valence-electron chi connectivity index (χ4n) is 2.45. The Morgan fingerprint density at radius 1 is 1.50 bits per heavy atom. The van der Waals surface area contributed by atoms with Gasteiger partial charge >= 0.3 is 0 Å². The molecule has 0 saturated heterocycles. The highest BCUT2D eigenvalue weighted by Crippen LogP contribution is 2.26. The van der Waals surface area contributed by atoms with Crippen molar-refractivity contribution in [1.29, 1.82) is 0 Å². The van der Waals surface area contributed by atoms with Gasteiger partial charge in [-0.1, -0.05) is 23.2 Å². The van der Waals surface area contributed by atoms with Crippen LogP contribution in [0.2, 0.25) is 5.02 Å². The van der Waals surface area contributed by atoms with Crippen LogP contribution in [0.4, 0.5) is 0 Å². The van der Waals surface area contributed by atoms with Crippen molar-refractivity contribution >= 4 is 45.9 Å². The summed E-state index contributed by atoms with van der Waals surface area (Å²) >= 11 is 8.12. The van der Waals surface area contributed by atoms with Gasteiger partial charge in [-0.25, -0.2) is 0 Å². The van der Waals surface area contributed by atoms with E-state index in [0.29, 0.717) is 10.6 Å². The van der Waals surface area contributed by atoms with Crippen LogP contribution in [0.5, 0.6) is 0 Å². The first-order chi connectivity index (χ1) is 9.52. The number of amidine groups is 1. The number of amides is 1. The smallest absolute Gasteiger partial charge is 0.251 e. The minimum absolute atomic E-state index is 0.101. The molecule has 20 heavy (non-hydrogen) atoms. The number of oxime groups is 1. The molecule has 0 aromatic heterocycles. The van der Waals surface area contributed by atoms with Crippen LogP contribution < -0.4 is 11.1 Å². The van der Waals surface area contributed by atoms with E-state index in [4.69, 9.17) is 22.5 Å². The monoisotopic (exact) mass is 407 g/mol. The number of carbonyl (C=O) groups is 1. The SMILES string of the molecule is N/C(=N/O)C1CCCC1NC(=O)c1ccc(I)c(Cl)c1. The Kier molecular flexibility index (Phi) is 5.09. The number of nitrogens with two attached hydrogens (primary N) is 1. The molecule has 0 radical (unpaired) electrons. The van der Waals surface area contributed by atoms with E-state index in [1.807, 2.05) is 0 Å². The van der Waals surface area contributed by atoms with Crippen LogP contribution in [-0.2, 0) is 0 Å². The Morgan fingerprint density at radius 3 is 2.90 bits per heavy atom. The van der Waals surface area contributed by atoms with E-state index in [9.17, 15) is 4.79 Å². The van der Waals surface area contributed by atoms with Crippen molar-refractivity contribution in [3.63, 3.8) is 0 Å². The Labute approximate surface area is 135 Å². The molecule has 1 amide bonds. The van der Waals surface area contributed by atoms with Crippen LogP contribution in [0, 0.1) is 9.49 Å². The second-order valence-electron chi connectivity index (χ2n) is 4.77. The molecule has 4 N–H and O–H groups in total. The number of carbonyl (C=O) groups excluding carboxylic acids is 1. The topological polar surface area (TPSA) is 87.7 Å². The maximum absolute atomic E-state index is 12.2. The van der Waals surface area contributed by atoms with Crippen molar-refractivity contribution in [2.75, 3.05) is 0 Å². The zero-order chi connectivity index (χ0) is 14.7. The quantitative estimate of drug-likeness (QED) is 0.237. The van der Waals surface area contributed by atoms with E-state index >= 15 is 0 Å². The van der Waals surface area contributed by atoms with Crippen molar-refractivity contribution in [2.24, 2.45) is 16.8 Å². The van der Waals surface area contributed by atoms with Gasteiger partial charge in [0, 0.05) is 21.1 Å². The van der Waals surface area contributed by atoms with E-state index in [2.05, 4.69) is 33.1 Å². The van der Waals surface area contributed by atoms with Crippen LogP contribution in [0.3, 0.4) is 0 Å². The predicted molar refractivity (Wildman–Crippen MR) is 86.2 cm³/mol. The summed E-state index contributed by atoms with van der Waals surface area (Å²) in [5.74, 6) is -0.123. The average Bonchev–Trinajstić information content (AvgIpc) is 2.89. The number of nitrogens with one attached hydrogen (secondary N) is 1. The van der Waals surface area contributed by atoms with Gasteiger partial charge in [0.1, 0.15) is 5.84 Å². The molecule has 1 fully saturated rings. The molecule has 7 heteroatoms. The Hall–Kier alpha value is -1.02. The highest BCUT2D eigenvalue weighted by atomic mass is 127. The van der Waals surface area contributed by atoms with Crippen molar-refractivity contribution in [1.82, 2.24) is 5.32 Å². The average molecular weight is 408 g/mol. The number of hydrogen-bond acceptors (Lipinski definition) is 3. The maximum Gasteiger partial charge on any atom is 0.251 e. The Morgan fingerprint density at radius 2 is 2.25 bits per heavy atom. The van der Waals surface area contributed by atoms with Gasteiger partial charge in [0.2, 0.25) is 0 Å². The third kappa shape index (κ3) is 3.35. The molecule has 1 aromatic carbocycles. The normalized spacial score (nSPS) is 22.8. The molecular formula is C13H15ClIN3O2. The number of nitrogens with zero attached hydrogens (tertiary/aromatic N) is 1. The third-order valence-corrected chi connectivity index (χ3v) is 5.08. The van der Waals surface area contributed by atoms with Crippen molar-refractivity contribution in [2.45, 2.75) is 25.3 Å². The molecule has 0 aliphatic heterocycles. The van der Waals surface area contributed by atoms with Gasteiger partial charge in [-0.15, -0.1) is 0 Å². The third-order valence-electron chi connectivity index (χ3n) is 3.51. The van der Waals surface area contributed by atoms with Crippen molar-refractivity contribution in [3.05, 3.63) is 32.4 Å². The van der Waals surface area contributed by atoms with Gasteiger partial charge in [0.05, 0.1) is 5.02 Å². The molecule has 1 aliphatic rings. The molecule has 1 saturated carbocycles. The molecule has 1 aromatic rings. The molecule has 2 rings (SSSR count). The van der Waals surface area contributed by atoms with Gasteiger partial charge in [0.25, 0.3) is 5.91 Å². The number of halogens is 2. The van der Waals surface area contributed by atoms with Gasteiger partial charge < -0.3 is 16.3 Å². The fraction of sp³-hybridized carbons (Fsp3) is 0.385. The number of hydrogen-bond donors (Lipinski definition) is 3. The van der Waals surface area contributed by atoms with E-state index in [-0.39, 0.29) is 23.7 Å². The highest BCUT2D eigenvalue weighted by Gasteiger charge is 2.31. The van der Waals surface area contributed by atoms with Crippen LogP contribution in [-0.4, -0.2) is 23.0 Å². The van der Waals surface area contributed by atoms with Crippen LogP contribution in [0.1, 0.15) is 29.6 Å². The van der Waals surface area contributed by atoms with Crippen LogP contribution >= 0.6 is 34.2 Å². The molecule has 0 heterocycles. The summed E-state index contributed by atoms with van der Waals surface area (Å²) in [5.41, 5.74) is 6.17. The fourth-order valence-corrected chi connectivity index (χ4v) is 2.97. The van der Waals surface area contributed by atoms with Gasteiger partial charge in [0.15, 0.2) is 0 Å². The summed E-state index contributed by atoms with van der Waals surface area (Å²) < 4.78 is 0.899. The van der Waals surface area contributed by atoms with E-state index < -0.39 is 0 Å². The lowest BCUT2D eigenvalue weighted by atomic mass is 10.0. The van der Waals surface area contributed by atoms with E-state index in [0.717, 1.165) is 22.8 Å². The first-order valence-corrected chi connectivity index (χ1v) is 7.72. The first kappa shape index (κ1) is 15.4. The maximum atomic E-state index is 12.2. The lowest BCUT2D eigenvalue weighted by Gasteiger charge is -2.19. The van der Waals surface area contributed by atoms with Crippen molar-refractivity contribution < 1.29 is 10.0 Å². The summed E-state index contributed by atoms with van der Waals surface area (Å²) in [6.45, 7) is 0. The second kappa shape index (κ2) is 6.62. The predicted octanol–water partition coefficient (Wildman–Crippen LogP) is 2.59. The summed E-state index contributed by atoms with van der Waals surface area (Å²) in [5, 5.41) is 15.3. The summed E-state index contributed by atoms with van der Waals surface area (Å²) in [6.07, 6.45) is 2.58. The van der Waals surface area contributed by atoms with Gasteiger partial charge in [-0.2, -0.15) is 0 Å². The molecule has 1 aliphatic carbocycles. The van der Waals surface area contributed by atoms with Gasteiger partial charge in [-0.05, 0) is 53.6 Å². The largest absolute Gasteiger partial charge is 0.409 e.